The summed E-state index contributed by atoms with van der Waals surface area (Å²) in [5.74, 6) is 0. The lowest BCUT2D eigenvalue weighted by molar-refractivity contribution is 0.519. The number of hydrogen-bond acceptors (Lipinski definition) is 0. The summed E-state index contributed by atoms with van der Waals surface area (Å²) in [6, 6.07) is 0. The van der Waals surface area contributed by atoms with Crippen molar-refractivity contribution in [3.05, 3.63) is 108 Å². The highest BCUT2D eigenvalue weighted by Gasteiger charge is 2.22. The zero-order chi connectivity index (χ0) is 17.9. The van der Waals surface area contributed by atoms with Gasteiger partial charge in [0.25, 0.3) is 0 Å². The van der Waals surface area contributed by atoms with E-state index in [2.05, 4.69) is 59.1 Å². The molecule has 122 valence electrons. The molecule has 0 aromatic carbocycles. The van der Waals surface area contributed by atoms with Gasteiger partial charge in [0.15, 0.2) is 9.81 Å². The van der Waals surface area contributed by atoms with Crippen LogP contribution in [-0.2, 0) is 10.9 Å². The average molecular weight is 326 g/mol. The quantitative estimate of drug-likeness (QED) is 0.323. The van der Waals surface area contributed by atoms with Gasteiger partial charge in [0.1, 0.15) is 5.41 Å². The highest BCUT2D eigenvalue weighted by atomic mass is 32.2. The highest BCUT2D eigenvalue weighted by molar-refractivity contribution is 8.07. The van der Waals surface area contributed by atoms with E-state index in [9.17, 15) is 0 Å². The van der Waals surface area contributed by atoms with E-state index in [4.69, 9.17) is 0 Å². The minimum Gasteiger partial charge on any atom is -0.0991 e. The van der Waals surface area contributed by atoms with Gasteiger partial charge in [-0.05, 0) is 42.4 Å². The predicted molar refractivity (Wildman–Crippen MR) is 111 cm³/mol. The van der Waals surface area contributed by atoms with Crippen molar-refractivity contribution in [2.45, 2.75) is 20.8 Å². The van der Waals surface area contributed by atoms with Gasteiger partial charge in [0.2, 0.25) is 0 Å². The summed E-state index contributed by atoms with van der Waals surface area (Å²) in [7, 11) is -0.280. The molecule has 1 heteroatoms. The van der Waals surface area contributed by atoms with Gasteiger partial charge >= 0.3 is 0 Å². The Morgan fingerprint density at radius 3 is 1.83 bits per heavy atom. The zero-order valence-electron chi connectivity index (χ0n) is 14.7. The normalized spacial score (nSPS) is 13.9. The van der Waals surface area contributed by atoms with Crippen molar-refractivity contribution in [1.82, 2.24) is 0 Å². The summed E-state index contributed by atoms with van der Waals surface area (Å²) in [6.07, 6.45) is 17.3. The summed E-state index contributed by atoms with van der Waals surface area (Å²) in [5.41, 5.74) is 1.13. The van der Waals surface area contributed by atoms with Crippen LogP contribution in [0.5, 0.6) is 0 Å². The van der Waals surface area contributed by atoms with Crippen LogP contribution in [0.1, 0.15) is 20.8 Å². The van der Waals surface area contributed by atoms with Gasteiger partial charge in [0.05, 0.1) is 10.9 Å². The first-order valence-electron chi connectivity index (χ1n) is 7.47. The monoisotopic (exact) mass is 325 g/mol. The molecule has 0 N–H and O–H groups in total. The average Bonchev–Trinajstić information content (AvgIpc) is 2.49. The summed E-state index contributed by atoms with van der Waals surface area (Å²) < 4.78 is 0. The second-order valence-corrected chi connectivity index (χ2v) is 7.92. The lowest BCUT2D eigenvalue weighted by Crippen LogP contribution is -2.06. The second-order valence-electron chi connectivity index (χ2n) is 5.92. The maximum Gasteiger partial charge on any atom is 0.158 e. The van der Waals surface area contributed by atoms with Crippen molar-refractivity contribution < 1.29 is 0 Å². The van der Waals surface area contributed by atoms with E-state index in [1.807, 2.05) is 42.5 Å². The largest absolute Gasteiger partial charge is 0.158 e. The fourth-order valence-electron chi connectivity index (χ4n) is 1.38. The molecule has 0 aliphatic heterocycles. The highest BCUT2D eigenvalue weighted by Crippen LogP contribution is 2.27. The van der Waals surface area contributed by atoms with Crippen molar-refractivity contribution in [3.63, 3.8) is 0 Å². The Bertz CT molecular complexity index is 572. The van der Waals surface area contributed by atoms with Gasteiger partial charge in [-0.15, -0.1) is 0 Å². The van der Waals surface area contributed by atoms with Crippen molar-refractivity contribution in [2.75, 3.05) is 0 Å². The summed E-state index contributed by atoms with van der Waals surface area (Å²) in [4.78, 5) is 1.99. The van der Waals surface area contributed by atoms with Gasteiger partial charge < -0.3 is 0 Å². The smallest absolute Gasteiger partial charge is 0.0991 e. The molecule has 0 heterocycles. The number of allylic oxidation sites excluding steroid dienone is 10. The zero-order valence-corrected chi connectivity index (χ0v) is 15.5. The van der Waals surface area contributed by atoms with Crippen LogP contribution < -0.4 is 0 Å². The van der Waals surface area contributed by atoms with Crippen LogP contribution in [-0.4, -0.2) is 0 Å². The molecule has 0 fully saturated rings. The first-order valence-corrected chi connectivity index (χ1v) is 8.76. The van der Waals surface area contributed by atoms with Crippen LogP contribution >= 0.6 is 0 Å². The van der Waals surface area contributed by atoms with Crippen LogP contribution in [0, 0.1) is 5.41 Å². The molecule has 23 heavy (non-hydrogen) atoms. The Morgan fingerprint density at radius 1 is 0.739 bits per heavy atom. The molecule has 0 aromatic rings. The molecule has 0 aliphatic carbocycles. The van der Waals surface area contributed by atoms with E-state index >= 15 is 0 Å². The molecule has 0 radical (unpaired) electrons. The molecule has 0 saturated carbocycles. The number of rotatable bonds is 9. The third kappa shape index (κ3) is 8.90. The topological polar surface area (TPSA) is 0 Å². The van der Waals surface area contributed by atoms with Crippen molar-refractivity contribution in [2.24, 2.45) is 5.41 Å². The summed E-state index contributed by atoms with van der Waals surface area (Å²) in [5, 5.41) is 2.10. The maximum atomic E-state index is 4.21. The minimum absolute atomic E-state index is 0.0533. The molecule has 0 bridgehead atoms. The maximum absolute atomic E-state index is 4.21. The molecule has 0 spiro atoms. The summed E-state index contributed by atoms with van der Waals surface area (Å²) >= 11 is 0. The SMILES string of the molecule is C=C/C=C\C=C\[S+](C(=C)/C=C\C=C)C(=C)/C=C\C(=C)C(C)(C)C. The van der Waals surface area contributed by atoms with Crippen molar-refractivity contribution in [1.29, 1.82) is 0 Å². The van der Waals surface area contributed by atoms with Gasteiger partial charge in [0, 0.05) is 0 Å². The fraction of sp³-hybridized carbons (Fsp3) is 0.182. The van der Waals surface area contributed by atoms with Crippen LogP contribution in [0.15, 0.2) is 108 Å². The molecule has 0 aliphatic rings. The standard InChI is InChI=1S/C22H29S/c1-9-11-13-14-18-23(20(4)15-12-10-2)21(5)17-16-19(3)22(6,7)8/h9-18H,1-5H2,6-8H3/q+1/b13-11-,15-12-,17-16-,18-14+. The third-order valence-corrected chi connectivity index (χ3v) is 4.82. The van der Waals surface area contributed by atoms with E-state index in [0.717, 1.165) is 15.4 Å². The van der Waals surface area contributed by atoms with E-state index < -0.39 is 0 Å². The Hall–Kier alpha value is -1.99. The molecule has 0 aromatic heterocycles. The van der Waals surface area contributed by atoms with Gasteiger partial charge in [-0.3, -0.25) is 0 Å². The van der Waals surface area contributed by atoms with Gasteiger partial charge in [-0.1, -0.05) is 77.0 Å². The van der Waals surface area contributed by atoms with Crippen LogP contribution in [0.4, 0.5) is 0 Å². The van der Waals surface area contributed by atoms with E-state index in [1.165, 1.54) is 0 Å². The first kappa shape index (κ1) is 21.0. The number of hydrogen-bond donors (Lipinski definition) is 0. The third-order valence-electron chi connectivity index (χ3n) is 2.99. The molecule has 1 unspecified atom stereocenters. The van der Waals surface area contributed by atoms with E-state index in [0.29, 0.717) is 0 Å². The Kier molecular flexibility index (Phi) is 9.76. The van der Waals surface area contributed by atoms with Crippen LogP contribution in [0.2, 0.25) is 0 Å². The van der Waals surface area contributed by atoms with E-state index in [1.54, 1.807) is 12.2 Å². The molecule has 0 saturated heterocycles. The molecular weight excluding hydrogens is 296 g/mol. The van der Waals surface area contributed by atoms with E-state index in [-0.39, 0.29) is 16.3 Å². The lowest BCUT2D eigenvalue weighted by Gasteiger charge is -2.18. The Balaban J connectivity index is 5.29. The molecule has 0 amide bonds. The summed E-state index contributed by atoms with van der Waals surface area (Å²) in [6.45, 7) is 26.3. The van der Waals surface area contributed by atoms with Crippen LogP contribution in [0.3, 0.4) is 0 Å². The first-order chi connectivity index (χ1) is 10.7. The molecule has 0 nitrogen and oxygen atoms in total. The van der Waals surface area contributed by atoms with Gasteiger partial charge in [-0.25, -0.2) is 0 Å². The van der Waals surface area contributed by atoms with Crippen molar-refractivity contribution >= 4 is 10.9 Å². The second kappa shape index (κ2) is 10.7. The van der Waals surface area contributed by atoms with Gasteiger partial charge in [-0.2, -0.15) is 0 Å². The molecular formula is C22H29S+. The molecule has 0 rings (SSSR count). The Labute approximate surface area is 145 Å². The Morgan fingerprint density at radius 2 is 1.30 bits per heavy atom. The minimum atomic E-state index is -0.280. The van der Waals surface area contributed by atoms with Crippen LogP contribution in [0.25, 0.3) is 0 Å². The fourth-order valence-corrected chi connectivity index (χ4v) is 2.75. The van der Waals surface area contributed by atoms with Crippen molar-refractivity contribution in [3.8, 4) is 0 Å². The lowest BCUT2D eigenvalue weighted by atomic mass is 9.87. The molecule has 1 atom stereocenters. The predicted octanol–water partition coefficient (Wildman–Crippen LogP) is 6.79.